The summed E-state index contributed by atoms with van der Waals surface area (Å²) in [6, 6.07) is 10.7. The lowest BCUT2D eigenvalue weighted by Gasteiger charge is -2.22. The average molecular weight is 419 g/mol. The number of benzene rings is 1. The van der Waals surface area contributed by atoms with Gasteiger partial charge in [-0.3, -0.25) is 4.98 Å². The first-order chi connectivity index (χ1) is 14.9. The number of aromatic nitrogens is 2. The third-order valence-electron chi connectivity index (χ3n) is 5.45. The van der Waals surface area contributed by atoms with Gasteiger partial charge in [-0.25, -0.2) is 4.98 Å². The standard InChI is InChI=1S/C26H34N4O/c1-7-23(16-28-15-22-9-8-10-27-14-22)30-24-13-20(5)29-26(21(24)6)31-25-18(3)11-17(2)12-19(25)4/h8-14,23,28H,7,15-16H2,1-6H3,(H,29,30). The van der Waals surface area contributed by atoms with Crippen LogP contribution in [0.25, 0.3) is 0 Å². The van der Waals surface area contributed by atoms with E-state index in [9.17, 15) is 0 Å². The molecule has 0 fully saturated rings. The van der Waals surface area contributed by atoms with Crippen LogP contribution in [0.1, 0.15) is 46.9 Å². The maximum absolute atomic E-state index is 6.33. The molecule has 0 aliphatic heterocycles. The quantitative estimate of drug-likeness (QED) is 0.460. The van der Waals surface area contributed by atoms with Crippen molar-refractivity contribution in [1.29, 1.82) is 0 Å². The highest BCUT2D eigenvalue weighted by atomic mass is 16.5. The second kappa shape index (κ2) is 10.4. The first kappa shape index (κ1) is 22.8. The molecule has 0 spiro atoms. The number of rotatable bonds is 9. The SMILES string of the molecule is CCC(CNCc1cccnc1)Nc1cc(C)nc(Oc2c(C)cc(C)cc2C)c1C. The van der Waals surface area contributed by atoms with E-state index in [-0.39, 0.29) is 0 Å². The minimum atomic E-state index is 0.299. The molecular weight excluding hydrogens is 384 g/mol. The lowest BCUT2D eigenvalue weighted by molar-refractivity contribution is 0.451. The summed E-state index contributed by atoms with van der Waals surface area (Å²) in [5, 5.41) is 7.22. The summed E-state index contributed by atoms with van der Waals surface area (Å²) < 4.78 is 6.33. The minimum Gasteiger partial charge on any atom is -0.438 e. The molecular formula is C26H34N4O. The summed E-state index contributed by atoms with van der Waals surface area (Å²) in [6.45, 7) is 14.2. The number of hydrogen-bond acceptors (Lipinski definition) is 5. The Kier molecular flexibility index (Phi) is 7.64. The van der Waals surface area contributed by atoms with E-state index in [0.717, 1.165) is 53.3 Å². The van der Waals surface area contributed by atoms with Crippen molar-refractivity contribution in [2.24, 2.45) is 0 Å². The third kappa shape index (κ3) is 6.05. The first-order valence-electron chi connectivity index (χ1n) is 11.0. The summed E-state index contributed by atoms with van der Waals surface area (Å²) in [4.78, 5) is 8.86. The van der Waals surface area contributed by atoms with Gasteiger partial charge in [-0.2, -0.15) is 0 Å². The van der Waals surface area contributed by atoms with Crippen LogP contribution >= 0.6 is 0 Å². The molecule has 0 saturated carbocycles. The summed E-state index contributed by atoms with van der Waals surface area (Å²) in [7, 11) is 0. The van der Waals surface area contributed by atoms with E-state index in [1.54, 1.807) is 6.20 Å². The predicted molar refractivity (Wildman–Crippen MR) is 128 cm³/mol. The molecule has 2 heterocycles. The van der Waals surface area contributed by atoms with Gasteiger partial charge in [-0.15, -0.1) is 0 Å². The molecule has 2 aromatic heterocycles. The fourth-order valence-electron chi connectivity index (χ4n) is 3.79. The molecule has 0 amide bonds. The first-order valence-corrected chi connectivity index (χ1v) is 11.0. The second-order valence-corrected chi connectivity index (χ2v) is 8.31. The number of hydrogen-bond donors (Lipinski definition) is 2. The highest BCUT2D eigenvalue weighted by Crippen LogP contribution is 2.33. The van der Waals surface area contributed by atoms with Crippen molar-refractivity contribution in [3.63, 3.8) is 0 Å². The molecule has 1 unspecified atom stereocenters. The maximum atomic E-state index is 6.33. The zero-order valence-electron chi connectivity index (χ0n) is 19.5. The Labute approximate surface area is 186 Å². The fraction of sp³-hybridized carbons (Fsp3) is 0.385. The Bertz CT molecular complexity index is 994. The number of pyridine rings is 2. The molecule has 164 valence electrons. The van der Waals surface area contributed by atoms with Crippen LogP contribution in [0.2, 0.25) is 0 Å². The molecule has 2 N–H and O–H groups in total. The van der Waals surface area contributed by atoms with Gasteiger partial charge in [0, 0.05) is 48.5 Å². The van der Waals surface area contributed by atoms with E-state index in [0.29, 0.717) is 11.9 Å². The van der Waals surface area contributed by atoms with Crippen molar-refractivity contribution in [1.82, 2.24) is 15.3 Å². The monoisotopic (exact) mass is 418 g/mol. The van der Waals surface area contributed by atoms with Crippen LogP contribution in [0.5, 0.6) is 11.6 Å². The summed E-state index contributed by atoms with van der Waals surface area (Å²) >= 11 is 0. The van der Waals surface area contributed by atoms with E-state index in [1.165, 1.54) is 11.1 Å². The second-order valence-electron chi connectivity index (χ2n) is 8.31. The van der Waals surface area contributed by atoms with Crippen molar-refractivity contribution >= 4 is 5.69 Å². The number of anilines is 1. The van der Waals surface area contributed by atoms with Crippen molar-refractivity contribution in [2.75, 3.05) is 11.9 Å². The highest BCUT2D eigenvalue weighted by molar-refractivity contribution is 5.57. The molecule has 0 aliphatic rings. The lowest BCUT2D eigenvalue weighted by atomic mass is 10.1. The summed E-state index contributed by atoms with van der Waals surface area (Å²) in [5.74, 6) is 1.55. The van der Waals surface area contributed by atoms with E-state index in [1.807, 2.05) is 19.2 Å². The molecule has 3 aromatic rings. The maximum Gasteiger partial charge on any atom is 0.224 e. The number of aryl methyl sites for hydroxylation is 4. The average Bonchev–Trinajstić information content (AvgIpc) is 2.73. The molecule has 3 rings (SSSR count). The van der Waals surface area contributed by atoms with Gasteiger partial charge in [0.25, 0.3) is 0 Å². The van der Waals surface area contributed by atoms with Crippen molar-refractivity contribution in [3.8, 4) is 11.6 Å². The van der Waals surface area contributed by atoms with E-state index in [2.05, 4.69) is 79.5 Å². The highest BCUT2D eigenvalue weighted by Gasteiger charge is 2.15. The zero-order chi connectivity index (χ0) is 22.4. The molecule has 0 saturated heterocycles. The predicted octanol–water partition coefficient (Wildman–Crippen LogP) is 5.79. The van der Waals surface area contributed by atoms with Crippen molar-refractivity contribution in [2.45, 2.75) is 60.5 Å². The smallest absolute Gasteiger partial charge is 0.224 e. The minimum absolute atomic E-state index is 0.299. The molecule has 1 atom stereocenters. The Morgan fingerprint density at radius 2 is 1.77 bits per heavy atom. The van der Waals surface area contributed by atoms with Crippen LogP contribution in [0, 0.1) is 34.6 Å². The Hall–Kier alpha value is -2.92. The van der Waals surface area contributed by atoms with Gasteiger partial charge in [-0.05, 0) is 69.9 Å². The Balaban J connectivity index is 1.73. The molecule has 1 aromatic carbocycles. The van der Waals surface area contributed by atoms with E-state index in [4.69, 9.17) is 4.74 Å². The van der Waals surface area contributed by atoms with Gasteiger partial charge >= 0.3 is 0 Å². The fourth-order valence-corrected chi connectivity index (χ4v) is 3.79. The van der Waals surface area contributed by atoms with Gasteiger partial charge in [0.1, 0.15) is 5.75 Å². The van der Waals surface area contributed by atoms with Crippen LogP contribution in [-0.4, -0.2) is 22.6 Å². The lowest BCUT2D eigenvalue weighted by Crippen LogP contribution is -2.32. The Morgan fingerprint density at radius 1 is 1.03 bits per heavy atom. The topological polar surface area (TPSA) is 59.1 Å². The van der Waals surface area contributed by atoms with Crippen LogP contribution in [0.15, 0.2) is 42.7 Å². The van der Waals surface area contributed by atoms with Gasteiger partial charge in [0.2, 0.25) is 5.88 Å². The molecule has 5 heteroatoms. The summed E-state index contributed by atoms with van der Waals surface area (Å²) in [6.07, 6.45) is 4.71. The Morgan fingerprint density at radius 3 is 2.42 bits per heavy atom. The summed E-state index contributed by atoms with van der Waals surface area (Å²) in [5.41, 5.74) is 7.71. The van der Waals surface area contributed by atoms with Crippen LogP contribution in [0.4, 0.5) is 5.69 Å². The third-order valence-corrected chi connectivity index (χ3v) is 5.45. The zero-order valence-corrected chi connectivity index (χ0v) is 19.5. The van der Waals surface area contributed by atoms with Crippen LogP contribution < -0.4 is 15.4 Å². The largest absolute Gasteiger partial charge is 0.438 e. The number of nitrogens with zero attached hydrogens (tertiary/aromatic N) is 2. The van der Waals surface area contributed by atoms with Crippen LogP contribution in [0.3, 0.4) is 0 Å². The van der Waals surface area contributed by atoms with Crippen molar-refractivity contribution in [3.05, 3.63) is 76.2 Å². The molecule has 0 radical (unpaired) electrons. The normalized spacial score (nSPS) is 11.9. The molecule has 31 heavy (non-hydrogen) atoms. The number of nitrogens with one attached hydrogen (secondary N) is 2. The molecule has 5 nitrogen and oxygen atoms in total. The van der Waals surface area contributed by atoms with Gasteiger partial charge in [0.05, 0.1) is 0 Å². The number of ether oxygens (including phenoxy) is 1. The van der Waals surface area contributed by atoms with Gasteiger partial charge in [0.15, 0.2) is 0 Å². The van der Waals surface area contributed by atoms with Crippen molar-refractivity contribution < 1.29 is 4.74 Å². The van der Waals surface area contributed by atoms with Gasteiger partial charge < -0.3 is 15.4 Å². The van der Waals surface area contributed by atoms with E-state index >= 15 is 0 Å². The van der Waals surface area contributed by atoms with Gasteiger partial charge in [-0.1, -0.05) is 30.7 Å². The molecule has 0 bridgehead atoms. The van der Waals surface area contributed by atoms with E-state index < -0.39 is 0 Å². The molecule has 0 aliphatic carbocycles. The van der Waals surface area contributed by atoms with Crippen LogP contribution in [-0.2, 0) is 6.54 Å².